The van der Waals surface area contributed by atoms with Gasteiger partial charge in [-0.05, 0) is 19.3 Å². The summed E-state index contributed by atoms with van der Waals surface area (Å²) in [5, 5.41) is 0. The van der Waals surface area contributed by atoms with E-state index >= 15 is 0 Å². The molecule has 88 valence electrons. The Hall–Kier alpha value is -1.03. The second-order valence-electron chi connectivity index (χ2n) is 3.92. The smallest absolute Gasteiger partial charge is 0.218 e. The van der Waals surface area contributed by atoms with E-state index in [1.54, 1.807) is 7.11 Å². The van der Waals surface area contributed by atoms with Crippen LogP contribution in [0.3, 0.4) is 0 Å². The lowest BCUT2D eigenvalue weighted by atomic mass is 10.0. The van der Waals surface area contributed by atoms with Crippen molar-refractivity contribution < 1.29 is 4.74 Å². The Bertz CT molecular complexity index is 348. The Balaban J connectivity index is 2.20. The highest BCUT2D eigenvalue weighted by atomic mass is 35.5. The first-order valence-corrected chi connectivity index (χ1v) is 6.07. The number of piperidine rings is 1. The third kappa shape index (κ3) is 2.38. The Morgan fingerprint density at radius 2 is 2.38 bits per heavy atom. The number of rotatable bonds is 3. The number of nitrogens with zero attached hydrogens (tertiary/aromatic N) is 3. The van der Waals surface area contributed by atoms with Gasteiger partial charge in [-0.1, -0.05) is 0 Å². The molecule has 0 aliphatic carbocycles. The van der Waals surface area contributed by atoms with E-state index in [9.17, 15) is 0 Å². The lowest BCUT2D eigenvalue weighted by molar-refractivity contribution is 0.395. The number of hydrogen-bond acceptors (Lipinski definition) is 4. The predicted molar refractivity (Wildman–Crippen MR) is 64.3 cm³/mol. The van der Waals surface area contributed by atoms with E-state index in [2.05, 4.69) is 14.9 Å². The quantitative estimate of drug-likeness (QED) is 0.760. The van der Waals surface area contributed by atoms with Gasteiger partial charge in [0.05, 0.1) is 7.11 Å². The van der Waals surface area contributed by atoms with E-state index in [1.165, 1.54) is 19.2 Å². The summed E-state index contributed by atoms with van der Waals surface area (Å²) in [5.74, 6) is 2.16. The summed E-state index contributed by atoms with van der Waals surface area (Å²) in [5.41, 5.74) is 0. The maximum atomic E-state index is 5.98. The first-order chi connectivity index (χ1) is 7.85. The van der Waals surface area contributed by atoms with E-state index in [0.717, 1.165) is 18.8 Å². The minimum Gasteiger partial charge on any atom is -0.481 e. The molecule has 1 unspecified atom stereocenters. The van der Waals surface area contributed by atoms with E-state index in [1.807, 2.05) is 6.07 Å². The second kappa shape index (κ2) is 5.34. The van der Waals surface area contributed by atoms with Gasteiger partial charge in [-0.3, -0.25) is 0 Å². The van der Waals surface area contributed by atoms with Crippen molar-refractivity contribution in [1.82, 2.24) is 9.97 Å². The molecule has 1 aliphatic heterocycles. The van der Waals surface area contributed by atoms with Crippen LogP contribution in [0.4, 0.5) is 5.82 Å². The van der Waals surface area contributed by atoms with Gasteiger partial charge in [-0.15, -0.1) is 11.6 Å². The molecule has 4 nitrogen and oxygen atoms in total. The molecule has 0 bridgehead atoms. The molecule has 1 aliphatic rings. The number of anilines is 1. The molecule has 0 radical (unpaired) electrons. The van der Waals surface area contributed by atoms with Gasteiger partial charge in [0, 0.05) is 24.5 Å². The monoisotopic (exact) mass is 241 g/mol. The third-order valence-corrected chi connectivity index (χ3v) is 3.29. The van der Waals surface area contributed by atoms with Crippen LogP contribution in [0.15, 0.2) is 12.4 Å². The van der Waals surface area contributed by atoms with Crippen molar-refractivity contribution in [2.24, 2.45) is 0 Å². The van der Waals surface area contributed by atoms with Gasteiger partial charge >= 0.3 is 0 Å². The standard InChI is InChI=1S/C11H16ClN3O/c1-16-11-6-10(13-8-14-11)15-5-3-2-4-9(15)7-12/h6,8-9H,2-5,7H2,1H3. The maximum absolute atomic E-state index is 5.98. The average molecular weight is 242 g/mol. The molecule has 1 atom stereocenters. The second-order valence-corrected chi connectivity index (χ2v) is 4.22. The summed E-state index contributed by atoms with van der Waals surface area (Å²) in [7, 11) is 1.61. The molecule has 0 saturated carbocycles. The summed E-state index contributed by atoms with van der Waals surface area (Å²) < 4.78 is 5.10. The minimum absolute atomic E-state index is 0.384. The Kier molecular flexibility index (Phi) is 3.83. The fraction of sp³-hybridized carbons (Fsp3) is 0.636. The van der Waals surface area contributed by atoms with Gasteiger partial charge in [0.25, 0.3) is 0 Å². The van der Waals surface area contributed by atoms with Crippen LogP contribution in [0.5, 0.6) is 5.88 Å². The molecule has 0 aromatic carbocycles. The van der Waals surface area contributed by atoms with Crippen LogP contribution in [0.25, 0.3) is 0 Å². The largest absolute Gasteiger partial charge is 0.481 e. The number of alkyl halides is 1. The zero-order valence-corrected chi connectivity index (χ0v) is 10.2. The highest BCUT2D eigenvalue weighted by molar-refractivity contribution is 6.18. The molecule has 2 rings (SSSR count). The van der Waals surface area contributed by atoms with Crippen LogP contribution in [-0.4, -0.2) is 35.5 Å². The van der Waals surface area contributed by atoms with Crippen LogP contribution in [0, 0.1) is 0 Å². The zero-order chi connectivity index (χ0) is 11.4. The maximum Gasteiger partial charge on any atom is 0.218 e. The van der Waals surface area contributed by atoms with Crippen molar-refractivity contribution in [2.45, 2.75) is 25.3 Å². The predicted octanol–water partition coefficient (Wildman–Crippen LogP) is 2.08. The molecule has 1 fully saturated rings. The fourth-order valence-electron chi connectivity index (χ4n) is 2.06. The summed E-state index contributed by atoms with van der Waals surface area (Å²) in [4.78, 5) is 10.5. The highest BCUT2D eigenvalue weighted by Crippen LogP contribution is 2.25. The van der Waals surface area contributed by atoms with Crippen LogP contribution in [-0.2, 0) is 0 Å². The molecule has 1 aromatic rings. The fourth-order valence-corrected chi connectivity index (χ4v) is 2.38. The van der Waals surface area contributed by atoms with Crippen molar-refractivity contribution >= 4 is 17.4 Å². The topological polar surface area (TPSA) is 38.2 Å². The molecular weight excluding hydrogens is 226 g/mol. The molecule has 16 heavy (non-hydrogen) atoms. The number of methoxy groups -OCH3 is 1. The molecule has 0 amide bonds. The first-order valence-electron chi connectivity index (χ1n) is 5.54. The van der Waals surface area contributed by atoms with E-state index in [4.69, 9.17) is 16.3 Å². The van der Waals surface area contributed by atoms with E-state index in [-0.39, 0.29) is 0 Å². The molecule has 1 aromatic heterocycles. The Morgan fingerprint density at radius 3 is 3.12 bits per heavy atom. The van der Waals surface area contributed by atoms with Crippen LogP contribution in [0.2, 0.25) is 0 Å². The molecule has 1 saturated heterocycles. The lowest BCUT2D eigenvalue weighted by Gasteiger charge is -2.35. The summed E-state index contributed by atoms with van der Waals surface area (Å²) in [6.45, 7) is 1.01. The van der Waals surface area contributed by atoms with E-state index < -0.39 is 0 Å². The van der Waals surface area contributed by atoms with Crippen molar-refractivity contribution in [2.75, 3.05) is 24.4 Å². The van der Waals surface area contributed by atoms with Gasteiger partial charge in [-0.2, -0.15) is 0 Å². The first kappa shape index (κ1) is 11.5. The molecule has 2 heterocycles. The van der Waals surface area contributed by atoms with Gasteiger partial charge in [0.2, 0.25) is 5.88 Å². The minimum atomic E-state index is 0.384. The van der Waals surface area contributed by atoms with Crippen molar-refractivity contribution in [3.8, 4) is 5.88 Å². The number of hydrogen-bond donors (Lipinski definition) is 0. The van der Waals surface area contributed by atoms with Crippen molar-refractivity contribution in [3.05, 3.63) is 12.4 Å². The van der Waals surface area contributed by atoms with Crippen molar-refractivity contribution in [1.29, 1.82) is 0 Å². The van der Waals surface area contributed by atoms with Crippen LogP contribution >= 0.6 is 11.6 Å². The van der Waals surface area contributed by atoms with Crippen LogP contribution in [0.1, 0.15) is 19.3 Å². The third-order valence-electron chi connectivity index (χ3n) is 2.94. The summed E-state index contributed by atoms with van der Waals surface area (Å²) in [6.07, 6.45) is 5.11. The van der Waals surface area contributed by atoms with Crippen molar-refractivity contribution in [3.63, 3.8) is 0 Å². The molecule has 5 heteroatoms. The number of halogens is 1. The average Bonchev–Trinajstić information content (AvgIpc) is 2.38. The van der Waals surface area contributed by atoms with Crippen LogP contribution < -0.4 is 9.64 Å². The lowest BCUT2D eigenvalue weighted by Crippen LogP contribution is -2.41. The molecule has 0 spiro atoms. The van der Waals surface area contributed by atoms with E-state index in [0.29, 0.717) is 17.8 Å². The SMILES string of the molecule is COc1cc(N2CCCCC2CCl)ncn1. The van der Waals surface area contributed by atoms with Gasteiger partial charge in [-0.25, -0.2) is 9.97 Å². The van der Waals surface area contributed by atoms with Gasteiger partial charge in [0.1, 0.15) is 12.1 Å². The summed E-state index contributed by atoms with van der Waals surface area (Å²) >= 11 is 5.98. The molecular formula is C11H16ClN3O. The normalized spacial score (nSPS) is 20.9. The summed E-state index contributed by atoms with van der Waals surface area (Å²) in [6, 6.07) is 2.25. The number of aromatic nitrogens is 2. The number of ether oxygens (including phenoxy) is 1. The van der Waals surface area contributed by atoms with Gasteiger partial charge in [0.15, 0.2) is 0 Å². The molecule has 0 N–H and O–H groups in total. The Labute approximate surface area is 101 Å². The zero-order valence-electron chi connectivity index (χ0n) is 9.40. The highest BCUT2D eigenvalue weighted by Gasteiger charge is 2.23. The Morgan fingerprint density at radius 1 is 1.50 bits per heavy atom. The van der Waals surface area contributed by atoms with Gasteiger partial charge < -0.3 is 9.64 Å².